The number of hydrogen-bond donors (Lipinski definition) is 3. The van der Waals surface area contributed by atoms with Crippen LogP contribution < -0.4 is 16.0 Å². The number of carbonyl (C=O) groups excluding carboxylic acids is 1. The Morgan fingerprint density at radius 3 is 2.91 bits per heavy atom. The maximum atomic E-state index is 12.6. The van der Waals surface area contributed by atoms with Gasteiger partial charge in [0.2, 0.25) is 5.91 Å². The lowest BCUT2D eigenvalue weighted by molar-refractivity contribution is -0.120. The molecule has 0 radical (unpaired) electrons. The molecule has 0 bridgehead atoms. The normalized spacial score (nSPS) is 20.2. The minimum atomic E-state index is -0.477. The highest BCUT2D eigenvalue weighted by atomic mass is 35.5. The van der Waals surface area contributed by atoms with E-state index in [1.54, 1.807) is 18.5 Å². The molecule has 4 heterocycles. The van der Waals surface area contributed by atoms with Crippen LogP contribution in [0.5, 0.6) is 0 Å². The van der Waals surface area contributed by atoms with Crippen LogP contribution in [-0.4, -0.2) is 53.7 Å². The minimum absolute atomic E-state index is 0.0577. The second kappa shape index (κ2) is 10.2. The van der Waals surface area contributed by atoms with Gasteiger partial charge < -0.3 is 20.7 Å². The summed E-state index contributed by atoms with van der Waals surface area (Å²) in [5.74, 6) is 0.841. The first kappa shape index (κ1) is 22.4. The van der Waals surface area contributed by atoms with E-state index in [-0.39, 0.29) is 11.8 Å². The molecule has 2 aromatic heterocycles. The number of anilines is 2. The molecule has 2 fully saturated rings. The Morgan fingerprint density at radius 2 is 2.16 bits per heavy atom. The van der Waals surface area contributed by atoms with Gasteiger partial charge in [0.15, 0.2) is 0 Å². The zero-order chi connectivity index (χ0) is 22.4. The quantitative estimate of drug-likeness (QED) is 0.607. The average molecular weight is 456 g/mol. The van der Waals surface area contributed by atoms with E-state index in [2.05, 4.69) is 37.0 Å². The van der Waals surface area contributed by atoms with Gasteiger partial charge in [-0.2, -0.15) is 5.26 Å². The van der Waals surface area contributed by atoms with E-state index in [1.165, 1.54) is 6.20 Å². The van der Waals surface area contributed by atoms with Crippen LogP contribution in [0.3, 0.4) is 0 Å². The Kier molecular flexibility index (Phi) is 7.15. The summed E-state index contributed by atoms with van der Waals surface area (Å²) < 4.78 is 5.39. The van der Waals surface area contributed by atoms with Crippen molar-refractivity contribution in [2.75, 3.05) is 43.5 Å². The molecule has 0 saturated carbocycles. The summed E-state index contributed by atoms with van der Waals surface area (Å²) in [6.07, 6.45) is 7.92. The van der Waals surface area contributed by atoms with Crippen molar-refractivity contribution < 1.29 is 9.53 Å². The first-order chi connectivity index (χ1) is 15.6. The highest BCUT2D eigenvalue weighted by molar-refractivity contribution is 6.33. The molecule has 1 unspecified atom stereocenters. The predicted octanol–water partition coefficient (Wildman–Crippen LogP) is 2.86. The fourth-order valence-corrected chi connectivity index (χ4v) is 4.14. The summed E-state index contributed by atoms with van der Waals surface area (Å²) in [5.41, 5.74) is 0.696. The number of pyridine rings is 1. The van der Waals surface area contributed by atoms with Crippen LogP contribution in [0.15, 0.2) is 24.7 Å². The third kappa shape index (κ3) is 5.33. The standard InChI is InChI=1S/C22H26ClN7O2/c23-17-10-27-19(30-21(31)15-2-1-5-25-9-15)8-16(17)18-11-26-12-20(29-18)28-14-22(13-24)3-6-32-7-4-22/h8,10-12,15,25H,1-7,9,14H2,(H,28,29)(H,27,30,31). The van der Waals surface area contributed by atoms with Crippen LogP contribution in [0.1, 0.15) is 25.7 Å². The molecule has 2 saturated heterocycles. The number of rotatable bonds is 6. The van der Waals surface area contributed by atoms with Crippen LogP contribution >= 0.6 is 11.6 Å². The van der Waals surface area contributed by atoms with Gasteiger partial charge in [0.05, 0.1) is 40.5 Å². The number of piperidine rings is 1. The van der Waals surface area contributed by atoms with Crippen LogP contribution in [0.4, 0.5) is 11.6 Å². The number of amides is 1. The maximum Gasteiger partial charge on any atom is 0.229 e. The molecular weight excluding hydrogens is 430 g/mol. The Hall–Kier alpha value is -2.80. The van der Waals surface area contributed by atoms with E-state index in [0.717, 1.165) is 19.4 Å². The SMILES string of the molecule is N#CC1(CNc2cncc(-c3cc(NC(=O)C4CCCNC4)ncc3Cl)n2)CCOCC1. The molecule has 10 heteroatoms. The van der Waals surface area contributed by atoms with E-state index in [9.17, 15) is 10.1 Å². The molecule has 168 valence electrons. The number of nitriles is 1. The predicted molar refractivity (Wildman–Crippen MR) is 121 cm³/mol. The van der Waals surface area contributed by atoms with E-state index in [1.807, 2.05) is 0 Å². The smallest absolute Gasteiger partial charge is 0.229 e. The molecule has 2 aliphatic rings. The fourth-order valence-electron chi connectivity index (χ4n) is 3.94. The Balaban J connectivity index is 1.48. The monoisotopic (exact) mass is 455 g/mol. The summed E-state index contributed by atoms with van der Waals surface area (Å²) in [5, 5.41) is 19.4. The Labute approximate surface area is 192 Å². The summed E-state index contributed by atoms with van der Waals surface area (Å²) in [7, 11) is 0. The zero-order valence-corrected chi connectivity index (χ0v) is 18.5. The summed E-state index contributed by atoms with van der Waals surface area (Å²) in [4.78, 5) is 25.7. The Bertz CT molecular complexity index is 998. The van der Waals surface area contributed by atoms with Crippen LogP contribution in [0.2, 0.25) is 5.02 Å². The lowest BCUT2D eigenvalue weighted by atomic mass is 9.82. The molecule has 32 heavy (non-hydrogen) atoms. The zero-order valence-electron chi connectivity index (χ0n) is 17.7. The highest BCUT2D eigenvalue weighted by Gasteiger charge is 2.32. The lowest BCUT2D eigenvalue weighted by Crippen LogP contribution is -2.37. The number of nitrogens with zero attached hydrogens (tertiary/aromatic N) is 4. The number of carbonyl (C=O) groups is 1. The third-order valence-electron chi connectivity index (χ3n) is 5.98. The first-order valence-corrected chi connectivity index (χ1v) is 11.2. The van der Waals surface area contributed by atoms with Gasteiger partial charge in [-0.15, -0.1) is 0 Å². The van der Waals surface area contributed by atoms with Gasteiger partial charge in [-0.25, -0.2) is 9.97 Å². The summed E-state index contributed by atoms with van der Waals surface area (Å²) in [6, 6.07) is 4.14. The maximum absolute atomic E-state index is 12.6. The largest absolute Gasteiger partial charge is 0.381 e. The third-order valence-corrected chi connectivity index (χ3v) is 6.28. The minimum Gasteiger partial charge on any atom is -0.381 e. The molecule has 9 nitrogen and oxygen atoms in total. The van der Waals surface area contributed by atoms with Gasteiger partial charge in [-0.1, -0.05) is 11.6 Å². The van der Waals surface area contributed by atoms with Crippen molar-refractivity contribution in [2.45, 2.75) is 25.7 Å². The summed E-state index contributed by atoms with van der Waals surface area (Å²) >= 11 is 6.38. The molecule has 3 N–H and O–H groups in total. The molecule has 1 atom stereocenters. The van der Waals surface area contributed by atoms with Crippen LogP contribution in [0, 0.1) is 22.7 Å². The van der Waals surface area contributed by atoms with Crippen molar-refractivity contribution >= 4 is 29.1 Å². The number of hydrogen-bond acceptors (Lipinski definition) is 8. The molecule has 4 rings (SSSR count). The molecule has 2 aromatic rings. The second-order valence-electron chi connectivity index (χ2n) is 8.23. The van der Waals surface area contributed by atoms with E-state index in [4.69, 9.17) is 16.3 Å². The van der Waals surface area contributed by atoms with Crippen LogP contribution in [0.25, 0.3) is 11.3 Å². The first-order valence-electron chi connectivity index (χ1n) is 10.8. The average Bonchev–Trinajstić information content (AvgIpc) is 2.85. The van der Waals surface area contributed by atoms with Crippen LogP contribution in [-0.2, 0) is 9.53 Å². The number of nitrogens with one attached hydrogen (secondary N) is 3. The molecule has 0 aromatic carbocycles. The van der Waals surface area contributed by atoms with Gasteiger partial charge in [0.25, 0.3) is 0 Å². The van der Waals surface area contributed by atoms with E-state index < -0.39 is 5.41 Å². The van der Waals surface area contributed by atoms with Gasteiger partial charge in [0, 0.05) is 38.1 Å². The second-order valence-corrected chi connectivity index (χ2v) is 8.64. The van der Waals surface area contributed by atoms with E-state index in [0.29, 0.717) is 67.1 Å². The summed E-state index contributed by atoms with van der Waals surface area (Å²) in [6.45, 7) is 3.24. The van der Waals surface area contributed by atoms with Gasteiger partial charge in [0.1, 0.15) is 11.6 Å². The molecular formula is C22H26ClN7O2. The van der Waals surface area contributed by atoms with Crippen molar-refractivity contribution in [2.24, 2.45) is 11.3 Å². The van der Waals surface area contributed by atoms with Gasteiger partial charge in [-0.3, -0.25) is 9.78 Å². The van der Waals surface area contributed by atoms with Crippen molar-refractivity contribution in [1.29, 1.82) is 5.26 Å². The van der Waals surface area contributed by atoms with E-state index >= 15 is 0 Å². The van der Waals surface area contributed by atoms with Crippen molar-refractivity contribution in [3.05, 3.63) is 29.7 Å². The fraction of sp³-hybridized carbons (Fsp3) is 0.500. The number of aromatic nitrogens is 3. The number of halogens is 1. The van der Waals surface area contributed by atoms with Crippen molar-refractivity contribution in [1.82, 2.24) is 20.3 Å². The van der Waals surface area contributed by atoms with Crippen molar-refractivity contribution in [3.8, 4) is 17.3 Å². The Morgan fingerprint density at radius 1 is 1.31 bits per heavy atom. The molecule has 2 aliphatic heterocycles. The topological polar surface area (TPSA) is 125 Å². The molecule has 1 amide bonds. The van der Waals surface area contributed by atoms with Crippen molar-refractivity contribution in [3.63, 3.8) is 0 Å². The number of ether oxygens (including phenoxy) is 1. The highest BCUT2D eigenvalue weighted by Crippen LogP contribution is 2.31. The van der Waals surface area contributed by atoms with Gasteiger partial charge >= 0.3 is 0 Å². The molecule has 0 spiro atoms. The van der Waals surface area contributed by atoms with Gasteiger partial charge in [-0.05, 0) is 38.3 Å². The lowest BCUT2D eigenvalue weighted by Gasteiger charge is -2.30. The molecule has 0 aliphatic carbocycles.